The van der Waals surface area contributed by atoms with Crippen molar-refractivity contribution >= 4 is 22.0 Å². The molecule has 0 saturated heterocycles. The monoisotopic (exact) mass is 376 g/mol. The molecule has 10 heteroatoms. The molecular weight excluding hydrogens is 361 g/mol. The van der Waals surface area contributed by atoms with E-state index in [2.05, 4.69) is 15.1 Å². The van der Waals surface area contributed by atoms with E-state index in [0.717, 1.165) is 6.20 Å². The number of phenolic OH excluding ortho intramolecular Hbond substituents is 1. The Hall–Kier alpha value is -3.16. The highest BCUT2D eigenvalue weighted by atomic mass is 19.1. The lowest BCUT2D eigenvalue weighted by Crippen LogP contribution is -2.35. The van der Waals surface area contributed by atoms with Gasteiger partial charge in [0.25, 0.3) is 0 Å². The van der Waals surface area contributed by atoms with Gasteiger partial charge in [0, 0.05) is 17.8 Å². The Morgan fingerprint density at radius 1 is 1.32 bits per heavy atom. The molecule has 0 saturated carbocycles. The smallest absolute Gasteiger partial charge is 0.170 e. The van der Waals surface area contributed by atoms with Crippen LogP contribution < -0.4 is 4.74 Å². The second kappa shape index (κ2) is 7.46. The van der Waals surface area contributed by atoms with Crippen molar-refractivity contribution in [2.45, 2.75) is 25.3 Å². The van der Waals surface area contributed by atoms with Gasteiger partial charge in [-0.15, -0.1) is 0 Å². The molecule has 0 unspecified atom stereocenters. The minimum Gasteiger partial charge on any atom is -0.507 e. The summed E-state index contributed by atoms with van der Waals surface area (Å²) >= 11 is 0. The Kier molecular flexibility index (Phi) is 5.22. The lowest BCUT2D eigenvalue weighted by molar-refractivity contribution is 0.111. The van der Waals surface area contributed by atoms with Crippen LogP contribution in [0.25, 0.3) is 11.4 Å². The summed E-state index contributed by atoms with van der Waals surface area (Å²) < 4.78 is 21.5. The minimum atomic E-state index is -2.04. The van der Waals surface area contributed by atoms with Crippen molar-refractivity contribution in [3.8, 4) is 22.9 Å². The van der Waals surface area contributed by atoms with E-state index < -0.39 is 11.2 Å². The van der Waals surface area contributed by atoms with Crippen LogP contribution in [-0.4, -0.2) is 46.8 Å². The van der Waals surface area contributed by atoms with E-state index in [9.17, 15) is 14.3 Å². The van der Waals surface area contributed by atoms with Crippen molar-refractivity contribution in [3.05, 3.63) is 53.9 Å². The predicted octanol–water partition coefficient (Wildman–Crippen LogP) is 2.10. The van der Waals surface area contributed by atoms with Gasteiger partial charge in [0.15, 0.2) is 12.1 Å². The van der Waals surface area contributed by atoms with E-state index in [4.69, 9.17) is 20.4 Å². The lowest BCUT2D eigenvalue weighted by Gasteiger charge is -2.30. The maximum absolute atomic E-state index is 14.5. The van der Waals surface area contributed by atoms with Crippen LogP contribution in [-0.2, 0) is 5.40 Å². The molecule has 7 nitrogen and oxygen atoms in total. The van der Waals surface area contributed by atoms with Crippen LogP contribution in [0.4, 0.5) is 4.39 Å². The molecule has 0 bridgehead atoms. The van der Waals surface area contributed by atoms with Gasteiger partial charge < -0.3 is 9.84 Å². The number of phenols is 1. The van der Waals surface area contributed by atoms with E-state index in [-0.39, 0.29) is 40.1 Å². The van der Waals surface area contributed by atoms with Gasteiger partial charge >= 0.3 is 0 Å². The summed E-state index contributed by atoms with van der Waals surface area (Å²) in [6.07, 6.45) is 3.99. The molecule has 28 heavy (non-hydrogen) atoms. The van der Waals surface area contributed by atoms with Gasteiger partial charge in [-0.05, 0) is 26.0 Å². The standard InChI is InChI=1S/C18H15B2FN4O3/c1-10(2)25-17(13(21)7-24-25)16-12(6-22-9-23-16)18(19,20)28-15-5-3-4-14(27)11(15)8-26/h3-10,27H,1-2H3. The van der Waals surface area contributed by atoms with Gasteiger partial charge in [-0.25, -0.2) is 14.4 Å². The number of carbonyl (C=O) groups is 1. The lowest BCUT2D eigenvalue weighted by atomic mass is 9.60. The summed E-state index contributed by atoms with van der Waals surface area (Å²) in [6, 6.07) is 4.03. The highest BCUT2D eigenvalue weighted by molar-refractivity contribution is 6.39. The summed E-state index contributed by atoms with van der Waals surface area (Å²) in [5.41, 5.74) is 0.107. The fourth-order valence-electron chi connectivity index (χ4n) is 2.74. The number of aromatic hydroxyl groups is 1. The molecule has 2 aromatic heterocycles. The highest BCUT2D eigenvalue weighted by Crippen LogP contribution is 2.34. The second-order valence-corrected chi connectivity index (χ2v) is 6.37. The number of carbonyl (C=O) groups excluding carboxylic acids is 1. The Morgan fingerprint density at radius 2 is 2.07 bits per heavy atom. The van der Waals surface area contributed by atoms with Crippen molar-refractivity contribution < 1.29 is 19.0 Å². The number of aromatic nitrogens is 4. The third kappa shape index (κ3) is 3.49. The normalized spacial score (nSPS) is 11.6. The number of ether oxygens (including phenoxy) is 1. The number of halogens is 1. The number of rotatable bonds is 6. The average Bonchev–Trinajstić information content (AvgIpc) is 3.03. The summed E-state index contributed by atoms with van der Waals surface area (Å²) in [5.74, 6) is -0.959. The summed E-state index contributed by atoms with van der Waals surface area (Å²) in [6.45, 7) is 3.66. The molecule has 0 aliphatic rings. The van der Waals surface area contributed by atoms with Crippen LogP contribution in [0.2, 0.25) is 0 Å². The highest BCUT2D eigenvalue weighted by Gasteiger charge is 2.30. The van der Waals surface area contributed by atoms with Crippen LogP contribution in [0.1, 0.15) is 35.8 Å². The van der Waals surface area contributed by atoms with Gasteiger partial charge in [-0.2, -0.15) is 5.10 Å². The summed E-state index contributed by atoms with van der Waals surface area (Å²) in [4.78, 5) is 19.3. The molecule has 3 aromatic rings. The summed E-state index contributed by atoms with van der Waals surface area (Å²) in [5, 5.41) is 11.8. The zero-order chi connectivity index (χ0) is 20.5. The Morgan fingerprint density at radius 3 is 2.75 bits per heavy atom. The zero-order valence-electron chi connectivity index (χ0n) is 15.2. The van der Waals surface area contributed by atoms with Gasteiger partial charge in [0.1, 0.15) is 44.9 Å². The quantitative estimate of drug-likeness (QED) is 0.524. The van der Waals surface area contributed by atoms with Gasteiger partial charge in [0.2, 0.25) is 0 Å². The number of hydrogen-bond donors (Lipinski definition) is 1. The van der Waals surface area contributed by atoms with Crippen molar-refractivity contribution in [2.24, 2.45) is 0 Å². The first-order valence-electron chi connectivity index (χ1n) is 8.34. The molecule has 4 radical (unpaired) electrons. The second-order valence-electron chi connectivity index (χ2n) is 6.37. The number of aldehydes is 1. The van der Waals surface area contributed by atoms with Gasteiger partial charge in [-0.3, -0.25) is 9.48 Å². The molecule has 1 aromatic carbocycles. The fraction of sp³-hybridized carbons (Fsp3) is 0.222. The molecule has 0 spiro atoms. The first kappa shape index (κ1) is 19.6. The van der Waals surface area contributed by atoms with Crippen molar-refractivity contribution in [2.75, 3.05) is 0 Å². The third-order valence-corrected chi connectivity index (χ3v) is 4.04. The first-order valence-corrected chi connectivity index (χ1v) is 8.34. The van der Waals surface area contributed by atoms with E-state index in [1.807, 2.05) is 13.8 Å². The summed E-state index contributed by atoms with van der Waals surface area (Å²) in [7, 11) is 12.3. The molecule has 2 heterocycles. The number of nitrogens with zero attached hydrogens (tertiary/aromatic N) is 4. The van der Waals surface area contributed by atoms with Crippen molar-refractivity contribution in [3.63, 3.8) is 0 Å². The maximum Gasteiger partial charge on any atom is 0.170 e. The minimum absolute atomic E-state index is 0.0485. The molecule has 0 fully saturated rings. The maximum atomic E-state index is 14.5. The Balaban J connectivity index is 2.12. The number of hydrogen-bond acceptors (Lipinski definition) is 6. The number of benzene rings is 1. The molecule has 138 valence electrons. The van der Waals surface area contributed by atoms with E-state index in [1.54, 1.807) is 0 Å². The Bertz CT molecular complexity index is 1020. The average molecular weight is 376 g/mol. The molecule has 3 rings (SSSR count). The van der Waals surface area contributed by atoms with Crippen LogP contribution in [0.15, 0.2) is 36.9 Å². The van der Waals surface area contributed by atoms with Gasteiger partial charge in [-0.1, -0.05) is 6.07 Å². The molecule has 1 N–H and O–H groups in total. The fourth-order valence-corrected chi connectivity index (χ4v) is 2.74. The molecule has 0 aliphatic carbocycles. The van der Waals surface area contributed by atoms with Crippen LogP contribution in [0.3, 0.4) is 0 Å². The van der Waals surface area contributed by atoms with E-state index >= 15 is 0 Å². The molecular formula is C18H15B2FN4O3. The van der Waals surface area contributed by atoms with Crippen molar-refractivity contribution in [1.82, 2.24) is 19.7 Å². The van der Waals surface area contributed by atoms with E-state index in [0.29, 0.717) is 6.29 Å². The van der Waals surface area contributed by atoms with Gasteiger partial charge in [0.05, 0.1) is 17.2 Å². The first-order chi connectivity index (χ1) is 13.3. The topological polar surface area (TPSA) is 90.1 Å². The molecule has 0 aliphatic heterocycles. The zero-order valence-corrected chi connectivity index (χ0v) is 15.2. The predicted molar refractivity (Wildman–Crippen MR) is 101 cm³/mol. The van der Waals surface area contributed by atoms with E-state index in [1.165, 1.54) is 35.4 Å². The van der Waals surface area contributed by atoms with Crippen LogP contribution in [0.5, 0.6) is 11.5 Å². The SMILES string of the molecule is [B]C([B])(Oc1cccc(O)c1C=O)c1cncnc1-c1c(F)cnn1C(C)C. The van der Waals surface area contributed by atoms with Crippen molar-refractivity contribution in [1.29, 1.82) is 0 Å². The Labute approximate surface area is 163 Å². The molecule has 0 atom stereocenters. The molecule has 0 amide bonds. The third-order valence-electron chi connectivity index (χ3n) is 4.04. The largest absolute Gasteiger partial charge is 0.507 e. The van der Waals surface area contributed by atoms with Crippen LogP contribution in [0, 0.1) is 5.82 Å². The van der Waals surface area contributed by atoms with Crippen LogP contribution >= 0.6 is 0 Å².